The third kappa shape index (κ3) is 2.87. The molecule has 0 unspecified atom stereocenters. The van der Waals surface area contributed by atoms with E-state index in [1.54, 1.807) is 0 Å². The molecule has 0 saturated heterocycles. The summed E-state index contributed by atoms with van der Waals surface area (Å²) in [6.45, 7) is 2.08. The fraction of sp³-hybridized carbons (Fsp3) is 0.150. The number of ketones is 1. The van der Waals surface area contributed by atoms with Gasteiger partial charge in [0.2, 0.25) is 0 Å². The molecule has 21 heavy (non-hydrogen) atoms. The lowest BCUT2D eigenvalue weighted by molar-refractivity contribution is 0.0984. The average Bonchev–Trinajstić information content (AvgIpc) is 2.54. The predicted molar refractivity (Wildman–Crippen MR) is 87.8 cm³/mol. The molecule has 0 aromatic heterocycles. The van der Waals surface area contributed by atoms with Crippen molar-refractivity contribution in [3.8, 4) is 0 Å². The molecule has 0 saturated carbocycles. The Balaban J connectivity index is 1.87. The van der Waals surface area contributed by atoms with Crippen molar-refractivity contribution in [2.75, 3.05) is 0 Å². The van der Waals surface area contributed by atoms with Gasteiger partial charge in [-0.2, -0.15) is 0 Å². The Hall–Kier alpha value is -2.41. The minimum atomic E-state index is 0.218. The molecule has 0 heterocycles. The smallest absolute Gasteiger partial charge is 0.163 e. The zero-order chi connectivity index (χ0) is 14.7. The SMILES string of the molecule is Cc1ccc(C(=O)CCc2ccccc2)c2ccccc12. The summed E-state index contributed by atoms with van der Waals surface area (Å²) in [5, 5.41) is 2.23. The normalized spacial score (nSPS) is 10.7. The fourth-order valence-corrected chi connectivity index (χ4v) is 2.73. The molecular formula is C20H18O. The van der Waals surface area contributed by atoms with Crippen LogP contribution in [0.3, 0.4) is 0 Å². The van der Waals surface area contributed by atoms with E-state index in [1.165, 1.54) is 16.5 Å². The highest BCUT2D eigenvalue weighted by Gasteiger charge is 2.11. The van der Waals surface area contributed by atoms with E-state index in [4.69, 9.17) is 0 Å². The van der Waals surface area contributed by atoms with Crippen LogP contribution < -0.4 is 0 Å². The molecule has 0 atom stereocenters. The lowest BCUT2D eigenvalue weighted by atomic mass is 9.95. The Kier molecular flexibility index (Phi) is 3.83. The first kappa shape index (κ1) is 13.6. The molecule has 3 aromatic rings. The Labute approximate surface area is 125 Å². The van der Waals surface area contributed by atoms with Gasteiger partial charge in [0, 0.05) is 12.0 Å². The number of carbonyl (C=O) groups is 1. The van der Waals surface area contributed by atoms with Crippen LogP contribution in [0, 0.1) is 6.92 Å². The van der Waals surface area contributed by atoms with Gasteiger partial charge in [0.1, 0.15) is 0 Å². The number of benzene rings is 3. The van der Waals surface area contributed by atoms with Crippen molar-refractivity contribution in [3.05, 3.63) is 83.4 Å². The van der Waals surface area contributed by atoms with Gasteiger partial charge in [-0.25, -0.2) is 0 Å². The summed E-state index contributed by atoms with van der Waals surface area (Å²) in [5.74, 6) is 0.218. The average molecular weight is 274 g/mol. The highest BCUT2D eigenvalue weighted by molar-refractivity contribution is 6.08. The predicted octanol–water partition coefficient (Wildman–Crippen LogP) is 4.96. The molecular weight excluding hydrogens is 256 g/mol. The molecule has 104 valence electrons. The second-order valence-corrected chi connectivity index (χ2v) is 5.38. The van der Waals surface area contributed by atoms with Crippen LogP contribution in [-0.2, 0) is 6.42 Å². The maximum Gasteiger partial charge on any atom is 0.163 e. The van der Waals surface area contributed by atoms with Crippen LogP contribution in [0.4, 0.5) is 0 Å². The van der Waals surface area contributed by atoms with Gasteiger partial charge in [-0.05, 0) is 35.2 Å². The van der Waals surface area contributed by atoms with Crippen LogP contribution in [0.2, 0.25) is 0 Å². The molecule has 3 rings (SSSR count). The first-order valence-electron chi connectivity index (χ1n) is 7.31. The summed E-state index contributed by atoms with van der Waals surface area (Å²) in [4.78, 5) is 12.5. The Bertz CT molecular complexity index is 772. The van der Waals surface area contributed by atoms with E-state index in [9.17, 15) is 4.79 Å². The topological polar surface area (TPSA) is 17.1 Å². The summed E-state index contributed by atoms with van der Waals surface area (Å²) < 4.78 is 0. The molecule has 0 aliphatic heterocycles. The van der Waals surface area contributed by atoms with Gasteiger partial charge in [-0.15, -0.1) is 0 Å². The molecule has 0 spiro atoms. The number of carbonyl (C=O) groups excluding carboxylic acids is 1. The van der Waals surface area contributed by atoms with Crippen molar-refractivity contribution >= 4 is 16.6 Å². The Morgan fingerprint density at radius 2 is 1.48 bits per heavy atom. The van der Waals surface area contributed by atoms with Crippen molar-refractivity contribution in [2.45, 2.75) is 19.8 Å². The Morgan fingerprint density at radius 1 is 0.810 bits per heavy atom. The largest absolute Gasteiger partial charge is 0.294 e. The number of fused-ring (bicyclic) bond motifs is 1. The summed E-state index contributed by atoms with van der Waals surface area (Å²) in [6.07, 6.45) is 1.35. The van der Waals surface area contributed by atoms with E-state index in [0.29, 0.717) is 6.42 Å². The molecule has 0 aliphatic carbocycles. The monoisotopic (exact) mass is 274 g/mol. The molecule has 0 amide bonds. The van der Waals surface area contributed by atoms with Crippen molar-refractivity contribution in [1.29, 1.82) is 0 Å². The molecule has 1 heteroatoms. The number of rotatable bonds is 4. The lowest BCUT2D eigenvalue weighted by Crippen LogP contribution is -2.02. The van der Waals surface area contributed by atoms with E-state index in [2.05, 4.69) is 25.1 Å². The molecule has 1 nitrogen and oxygen atoms in total. The zero-order valence-electron chi connectivity index (χ0n) is 12.2. The quantitative estimate of drug-likeness (QED) is 0.614. The number of hydrogen-bond acceptors (Lipinski definition) is 1. The maximum absolute atomic E-state index is 12.5. The van der Waals surface area contributed by atoms with Crippen LogP contribution in [0.15, 0.2) is 66.7 Å². The van der Waals surface area contributed by atoms with Gasteiger partial charge < -0.3 is 0 Å². The van der Waals surface area contributed by atoms with Gasteiger partial charge >= 0.3 is 0 Å². The highest BCUT2D eigenvalue weighted by atomic mass is 16.1. The number of Topliss-reactive ketones (excluding diaryl/α,β-unsaturated/α-hetero) is 1. The van der Waals surface area contributed by atoms with Crippen LogP contribution in [0.25, 0.3) is 10.8 Å². The van der Waals surface area contributed by atoms with E-state index in [1.807, 2.05) is 48.5 Å². The highest BCUT2D eigenvalue weighted by Crippen LogP contribution is 2.23. The van der Waals surface area contributed by atoms with Crippen LogP contribution in [-0.4, -0.2) is 5.78 Å². The minimum absolute atomic E-state index is 0.218. The molecule has 0 radical (unpaired) electrons. The Morgan fingerprint density at radius 3 is 2.24 bits per heavy atom. The zero-order valence-corrected chi connectivity index (χ0v) is 12.2. The first-order chi connectivity index (χ1) is 10.3. The van der Waals surface area contributed by atoms with E-state index >= 15 is 0 Å². The van der Waals surface area contributed by atoms with Gasteiger partial charge in [-0.1, -0.05) is 66.7 Å². The second kappa shape index (κ2) is 5.92. The maximum atomic E-state index is 12.5. The van der Waals surface area contributed by atoms with Crippen LogP contribution in [0.1, 0.15) is 27.9 Å². The van der Waals surface area contributed by atoms with Gasteiger partial charge in [0.15, 0.2) is 5.78 Å². The summed E-state index contributed by atoms with van der Waals surface area (Å²) in [7, 11) is 0. The summed E-state index contributed by atoms with van der Waals surface area (Å²) in [6, 6.07) is 22.3. The third-order valence-electron chi connectivity index (χ3n) is 3.93. The summed E-state index contributed by atoms with van der Waals surface area (Å²) >= 11 is 0. The van der Waals surface area contributed by atoms with Crippen molar-refractivity contribution < 1.29 is 4.79 Å². The third-order valence-corrected chi connectivity index (χ3v) is 3.93. The first-order valence-corrected chi connectivity index (χ1v) is 7.31. The van der Waals surface area contributed by atoms with E-state index in [-0.39, 0.29) is 5.78 Å². The lowest BCUT2D eigenvalue weighted by Gasteiger charge is -2.08. The fourth-order valence-electron chi connectivity index (χ4n) is 2.73. The molecule has 0 bridgehead atoms. The van der Waals surface area contributed by atoms with Crippen molar-refractivity contribution in [3.63, 3.8) is 0 Å². The van der Waals surface area contributed by atoms with Gasteiger partial charge in [0.05, 0.1) is 0 Å². The molecule has 0 aliphatic rings. The second-order valence-electron chi connectivity index (χ2n) is 5.38. The van der Waals surface area contributed by atoms with Gasteiger partial charge in [0.25, 0.3) is 0 Å². The molecule has 0 fully saturated rings. The number of hydrogen-bond donors (Lipinski definition) is 0. The molecule has 3 aromatic carbocycles. The van der Waals surface area contributed by atoms with Crippen LogP contribution in [0.5, 0.6) is 0 Å². The van der Waals surface area contributed by atoms with Crippen molar-refractivity contribution in [1.82, 2.24) is 0 Å². The van der Waals surface area contributed by atoms with Crippen molar-refractivity contribution in [2.24, 2.45) is 0 Å². The number of aryl methyl sites for hydroxylation is 2. The van der Waals surface area contributed by atoms with Gasteiger partial charge in [-0.3, -0.25) is 4.79 Å². The molecule has 0 N–H and O–H groups in total. The van der Waals surface area contributed by atoms with E-state index < -0.39 is 0 Å². The van der Waals surface area contributed by atoms with E-state index in [0.717, 1.165) is 17.4 Å². The van der Waals surface area contributed by atoms with Crippen LogP contribution >= 0.6 is 0 Å². The minimum Gasteiger partial charge on any atom is -0.294 e. The summed E-state index contributed by atoms with van der Waals surface area (Å²) in [5.41, 5.74) is 3.26. The standard InChI is InChI=1S/C20H18O/c1-15-11-13-19(18-10-6-5-9-17(15)18)20(21)14-12-16-7-3-2-4-8-16/h2-11,13H,12,14H2,1H3.